The molecule has 8 rings (SSSR count). The van der Waals surface area contributed by atoms with E-state index in [0.717, 1.165) is 74.7 Å². The zero-order valence-electron chi connectivity index (χ0n) is 21.4. The number of carbonyl (C=O) groups is 1. The SMILES string of the molecule is O=C1CCCN1[C@@H]1CC[C@@]2(O)[C@H]3Cc4ccc(OCc5ccccc5)c5c4[C@@]2(CCN3CC2CC2)[C@H]1O5. The third-order valence-electron chi connectivity index (χ3n) is 10.5. The topological polar surface area (TPSA) is 62.2 Å². The van der Waals surface area contributed by atoms with Gasteiger partial charge in [-0.25, -0.2) is 0 Å². The Bertz CT molecular complexity index is 1250. The Balaban J connectivity index is 1.23. The first-order chi connectivity index (χ1) is 18.1. The average molecular weight is 501 g/mol. The zero-order chi connectivity index (χ0) is 24.8. The van der Waals surface area contributed by atoms with Gasteiger partial charge in [0.2, 0.25) is 5.91 Å². The van der Waals surface area contributed by atoms with E-state index in [1.165, 1.54) is 24.0 Å². The highest BCUT2D eigenvalue weighted by Gasteiger charge is 2.73. The molecule has 6 heteroatoms. The molecule has 4 fully saturated rings. The summed E-state index contributed by atoms with van der Waals surface area (Å²) < 4.78 is 13.4. The molecule has 2 saturated heterocycles. The van der Waals surface area contributed by atoms with Crippen LogP contribution in [0.15, 0.2) is 42.5 Å². The first-order valence-corrected chi connectivity index (χ1v) is 14.3. The van der Waals surface area contributed by atoms with Gasteiger partial charge in [0.15, 0.2) is 11.5 Å². The molecule has 1 spiro atoms. The van der Waals surface area contributed by atoms with Crippen molar-refractivity contribution in [1.82, 2.24) is 9.80 Å². The number of carbonyl (C=O) groups excluding carboxylic acids is 1. The van der Waals surface area contributed by atoms with Gasteiger partial charge in [-0.2, -0.15) is 0 Å². The lowest BCUT2D eigenvalue weighted by Crippen LogP contribution is -2.78. The molecule has 0 radical (unpaired) electrons. The summed E-state index contributed by atoms with van der Waals surface area (Å²) in [7, 11) is 0. The summed E-state index contributed by atoms with van der Waals surface area (Å²) in [6, 6.07) is 14.6. The van der Waals surface area contributed by atoms with Gasteiger partial charge in [-0.3, -0.25) is 9.69 Å². The second-order valence-electron chi connectivity index (χ2n) is 12.3. The van der Waals surface area contributed by atoms with Crippen molar-refractivity contribution in [3.05, 3.63) is 59.2 Å². The fourth-order valence-corrected chi connectivity index (χ4v) is 8.63. The zero-order valence-corrected chi connectivity index (χ0v) is 21.4. The Kier molecular flexibility index (Phi) is 4.83. The summed E-state index contributed by atoms with van der Waals surface area (Å²) in [5.41, 5.74) is 2.27. The van der Waals surface area contributed by atoms with E-state index in [0.29, 0.717) is 13.0 Å². The van der Waals surface area contributed by atoms with E-state index in [-0.39, 0.29) is 24.1 Å². The van der Waals surface area contributed by atoms with Crippen LogP contribution in [0.5, 0.6) is 11.5 Å². The van der Waals surface area contributed by atoms with Crippen molar-refractivity contribution in [2.75, 3.05) is 19.6 Å². The van der Waals surface area contributed by atoms with Gasteiger partial charge in [-0.1, -0.05) is 36.4 Å². The molecule has 3 aliphatic heterocycles. The van der Waals surface area contributed by atoms with E-state index >= 15 is 0 Å². The molecule has 2 saturated carbocycles. The van der Waals surface area contributed by atoms with Gasteiger partial charge in [0.25, 0.3) is 0 Å². The van der Waals surface area contributed by atoms with Gasteiger partial charge < -0.3 is 19.5 Å². The molecule has 3 heterocycles. The van der Waals surface area contributed by atoms with Gasteiger partial charge in [-0.05, 0) is 74.6 Å². The van der Waals surface area contributed by atoms with Crippen molar-refractivity contribution in [2.45, 2.75) is 87.2 Å². The molecule has 5 atom stereocenters. The first-order valence-electron chi connectivity index (χ1n) is 14.3. The van der Waals surface area contributed by atoms with Crippen LogP contribution < -0.4 is 9.47 Å². The summed E-state index contributed by atoms with van der Waals surface area (Å²) in [4.78, 5) is 17.6. The standard InChI is InChI=1S/C31H36N2O4/c34-26-7-4-15-33(26)23-12-13-31(35)25-17-22-10-11-24(36-19-21-5-2-1-3-6-21)28-27(22)30(31,29(23)37-28)14-16-32(25)18-20-8-9-20/h1-3,5-6,10-11,20,23,25,29,35H,4,7-9,12-19H2/t23-,25-,29+,30+,31-/m1/s1. The average Bonchev–Trinajstić information content (AvgIpc) is 3.51. The van der Waals surface area contributed by atoms with Gasteiger partial charge in [-0.15, -0.1) is 0 Å². The molecule has 37 heavy (non-hydrogen) atoms. The molecular weight excluding hydrogens is 464 g/mol. The largest absolute Gasteiger partial charge is 0.485 e. The summed E-state index contributed by atoms with van der Waals surface area (Å²) in [6.45, 7) is 3.36. The molecule has 2 aromatic rings. The molecular formula is C31H36N2O4. The molecule has 3 aliphatic carbocycles. The van der Waals surface area contributed by atoms with E-state index in [2.05, 4.69) is 34.1 Å². The van der Waals surface area contributed by atoms with Crippen LogP contribution in [0.2, 0.25) is 0 Å². The van der Waals surface area contributed by atoms with Crippen molar-refractivity contribution in [2.24, 2.45) is 5.92 Å². The molecule has 2 bridgehead atoms. The number of aliphatic hydroxyl groups is 1. The third-order valence-corrected chi connectivity index (χ3v) is 10.5. The van der Waals surface area contributed by atoms with Gasteiger partial charge in [0.1, 0.15) is 12.7 Å². The van der Waals surface area contributed by atoms with Gasteiger partial charge in [0, 0.05) is 31.1 Å². The number of ether oxygens (including phenoxy) is 2. The maximum absolute atomic E-state index is 12.9. The van der Waals surface area contributed by atoms with Gasteiger partial charge in [0.05, 0.1) is 17.1 Å². The Morgan fingerprint density at radius 2 is 1.92 bits per heavy atom. The fourth-order valence-electron chi connectivity index (χ4n) is 8.63. The van der Waals surface area contributed by atoms with Crippen LogP contribution >= 0.6 is 0 Å². The lowest BCUT2D eigenvalue weighted by atomic mass is 9.48. The van der Waals surface area contributed by atoms with Gasteiger partial charge >= 0.3 is 0 Å². The van der Waals surface area contributed by atoms with E-state index in [9.17, 15) is 9.90 Å². The molecule has 6 aliphatic rings. The van der Waals surface area contributed by atoms with Crippen molar-refractivity contribution in [3.8, 4) is 11.5 Å². The molecule has 0 unspecified atom stereocenters. The van der Waals surface area contributed by atoms with Crippen LogP contribution in [0, 0.1) is 5.92 Å². The van der Waals surface area contributed by atoms with Crippen molar-refractivity contribution < 1.29 is 19.4 Å². The number of nitrogens with zero attached hydrogens (tertiary/aromatic N) is 2. The molecule has 2 aromatic carbocycles. The maximum atomic E-state index is 12.9. The van der Waals surface area contributed by atoms with E-state index in [4.69, 9.17) is 9.47 Å². The molecule has 194 valence electrons. The molecule has 1 N–H and O–H groups in total. The number of hydrogen-bond donors (Lipinski definition) is 1. The van der Waals surface area contributed by atoms with Crippen LogP contribution in [-0.4, -0.2) is 64.2 Å². The molecule has 0 aromatic heterocycles. The minimum absolute atomic E-state index is 0.00577. The number of likely N-dealkylation sites (tertiary alicyclic amines) is 2. The van der Waals surface area contributed by atoms with Crippen molar-refractivity contribution in [1.29, 1.82) is 0 Å². The summed E-state index contributed by atoms with van der Waals surface area (Å²) in [5.74, 6) is 2.62. The van der Waals surface area contributed by atoms with Crippen LogP contribution in [0.4, 0.5) is 0 Å². The monoisotopic (exact) mass is 500 g/mol. The minimum atomic E-state index is -0.847. The Morgan fingerprint density at radius 1 is 1.05 bits per heavy atom. The predicted octanol–water partition coefficient (Wildman–Crippen LogP) is 3.82. The normalized spacial score (nSPS) is 35.9. The van der Waals surface area contributed by atoms with E-state index < -0.39 is 11.0 Å². The smallest absolute Gasteiger partial charge is 0.223 e. The lowest BCUT2D eigenvalue weighted by Gasteiger charge is -2.64. The number of rotatable bonds is 6. The lowest BCUT2D eigenvalue weighted by molar-refractivity contribution is -0.200. The van der Waals surface area contributed by atoms with Crippen LogP contribution in [0.3, 0.4) is 0 Å². The van der Waals surface area contributed by atoms with E-state index in [1.807, 2.05) is 18.2 Å². The molecule has 1 amide bonds. The van der Waals surface area contributed by atoms with Crippen LogP contribution in [-0.2, 0) is 23.2 Å². The Morgan fingerprint density at radius 3 is 2.70 bits per heavy atom. The summed E-state index contributed by atoms with van der Waals surface area (Å²) in [5, 5.41) is 12.8. The fraction of sp³-hybridized carbons (Fsp3) is 0.581. The number of hydrogen-bond acceptors (Lipinski definition) is 5. The highest BCUT2D eigenvalue weighted by atomic mass is 16.5. The highest BCUT2D eigenvalue weighted by Crippen LogP contribution is 2.66. The first kappa shape index (κ1) is 22.4. The van der Waals surface area contributed by atoms with E-state index in [1.54, 1.807) is 0 Å². The number of benzene rings is 2. The molecule has 6 nitrogen and oxygen atoms in total. The Hall–Kier alpha value is -2.57. The number of amides is 1. The maximum Gasteiger partial charge on any atom is 0.223 e. The summed E-state index contributed by atoms with van der Waals surface area (Å²) >= 11 is 0. The third kappa shape index (κ3) is 3.09. The second kappa shape index (κ2) is 7.97. The van der Waals surface area contributed by atoms with Crippen molar-refractivity contribution >= 4 is 5.91 Å². The highest BCUT2D eigenvalue weighted by molar-refractivity contribution is 5.79. The summed E-state index contributed by atoms with van der Waals surface area (Å²) in [6.07, 6.45) is 7.21. The Labute approximate surface area is 218 Å². The van der Waals surface area contributed by atoms with Crippen molar-refractivity contribution in [3.63, 3.8) is 0 Å². The predicted molar refractivity (Wildman–Crippen MR) is 139 cm³/mol. The van der Waals surface area contributed by atoms with Crippen LogP contribution in [0.25, 0.3) is 0 Å². The second-order valence-corrected chi connectivity index (χ2v) is 12.3. The number of piperidine rings is 1. The van der Waals surface area contributed by atoms with Crippen LogP contribution in [0.1, 0.15) is 61.6 Å². The quantitative estimate of drug-likeness (QED) is 0.654. The minimum Gasteiger partial charge on any atom is -0.485 e.